The second-order valence-corrected chi connectivity index (χ2v) is 12.8. The number of carbonyl (C=O) groups excluding carboxylic acids is 1. The molecule has 218 valence electrons. The summed E-state index contributed by atoms with van der Waals surface area (Å²) in [6.45, 7) is 3.11. The Hall–Kier alpha value is -3.59. The molecule has 13 nitrogen and oxygen atoms in total. The molecule has 2 fully saturated rings. The molecule has 1 aromatic carbocycles. The molecular formula is C27H35N9O4S. The first-order valence-corrected chi connectivity index (χ1v) is 15.6. The van der Waals surface area contributed by atoms with Gasteiger partial charge in [-0.15, -0.1) is 0 Å². The molecule has 6 rings (SSSR count). The fourth-order valence-corrected chi connectivity index (χ4v) is 6.21. The summed E-state index contributed by atoms with van der Waals surface area (Å²) < 4.78 is 29.9. The lowest BCUT2D eigenvalue weighted by atomic mass is 10.0. The zero-order valence-corrected chi connectivity index (χ0v) is 24.0. The number of amides is 1. The van der Waals surface area contributed by atoms with Crippen LogP contribution in [-0.2, 0) is 23.6 Å². The summed E-state index contributed by atoms with van der Waals surface area (Å²) in [4.78, 5) is 24.8. The molecule has 1 aliphatic carbocycles. The van der Waals surface area contributed by atoms with Crippen LogP contribution in [0.25, 0.3) is 16.6 Å². The Balaban J connectivity index is 1.22. The molecule has 0 spiro atoms. The number of hydrogen-bond acceptors (Lipinski definition) is 9. The fourth-order valence-electron chi connectivity index (χ4n) is 5.47. The quantitative estimate of drug-likeness (QED) is 0.217. The van der Waals surface area contributed by atoms with Gasteiger partial charge in [0.05, 0.1) is 42.1 Å². The predicted octanol–water partition coefficient (Wildman–Crippen LogP) is 1.31. The predicted molar refractivity (Wildman–Crippen MR) is 155 cm³/mol. The van der Waals surface area contributed by atoms with E-state index < -0.39 is 22.4 Å². The summed E-state index contributed by atoms with van der Waals surface area (Å²) in [5.74, 6) is -0.437. The molecule has 41 heavy (non-hydrogen) atoms. The zero-order valence-electron chi connectivity index (χ0n) is 23.2. The van der Waals surface area contributed by atoms with Crippen molar-refractivity contribution in [1.29, 1.82) is 0 Å². The summed E-state index contributed by atoms with van der Waals surface area (Å²) in [5, 5.41) is 21.2. The highest BCUT2D eigenvalue weighted by Gasteiger charge is 2.28. The van der Waals surface area contributed by atoms with Gasteiger partial charge in [0.25, 0.3) is 5.91 Å². The number of hydrogen-bond donors (Lipinski definition) is 4. The molecular weight excluding hydrogens is 546 g/mol. The number of imidazole rings is 1. The van der Waals surface area contributed by atoms with Gasteiger partial charge in [0, 0.05) is 55.7 Å². The van der Waals surface area contributed by atoms with Gasteiger partial charge in [0.1, 0.15) is 5.52 Å². The number of aliphatic hydroxyl groups excluding tert-OH is 1. The third-order valence-electron chi connectivity index (χ3n) is 7.59. The first-order chi connectivity index (χ1) is 19.7. The van der Waals surface area contributed by atoms with E-state index in [0.29, 0.717) is 46.0 Å². The topological polar surface area (TPSA) is 159 Å². The monoisotopic (exact) mass is 581 g/mol. The minimum Gasteiger partial charge on any atom is -0.395 e. The highest BCUT2D eigenvalue weighted by molar-refractivity contribution is 7.89. The number of nitrogens with zero attached hydrogens (tertiary/aromatic N) is 6. The number of aryl methyl sites for hydroxylation is 2. The molecule has 1 aliphatic heterocycles. The molecule has 0 atom stereocenters. The Bertz CT molecular complexity index is 1700. The zero-order chi connectivity index (χ0) is 28.7. The lowest BCUT2D eigenvalue weighted by Gasteiger charge is -2.34. The van der Waals surface area contributed by atoms with Gasteiger partial charge in [0.15, 0.2) is 11.5 Å². The standard InChI is InChI=1S/C27H35N9O4S/c1-17-14-36-16-24(31-26(36)22(29-17)13-28-41(39,40)12-11-37)32-27(38)20-5-6-23(21-15-34(2)33-25(20)21)35-9-7-19(8-10-35)30-18-3-4-18/h5-6,14-16,18-19,28,30,37H,3-4,7-13H2,1-2H3,(H,32,38). The van der Waals surface area contributed by atoms with E-state index in [-0.39, 0.29) is 12.5 Å². The van der Waals surface area contributed by atoms with Crippen LogP contribution in [0.4, 0.5) is 11.5 Å². The fraction of sp³-hybridized carbons (Fsp3) is 0.481. The Morgan fingerprint density at radius 2 is 1.83 bits per heavy atom. The maximum Gasteiger partial charge on any atom is 0.259 e. The van der Waals surface area contributed by atoms with E-state index >= 15 is 0 Å². The number of rotatable bonds is 10. The number of nitrogens with one attached hydrogen (secondary N) is 3. The van der Waals surface area contributed by atoms with Gasteiger partial charge in [-0.3, -0.25) is 14.5 Å². The molecule has 0 radical (unpaired) electrons. The van der Waals surface area contributed by atoms with Crippen molar-refractivity contribution in [3.8, 4) is 0 Å². The summed E-state index contributed by atoms with van der Waals surface area (Å²) in [6, 6.07) is 5.09. The number of aromatic nitrogens is 5. The van der Waals surface area contributed by atoms with Gasteiger partial charge in [-0.25, -0.2) is 18.1 Å². The molecule has 4 aromatic rings. The van der Waals surface area contributed by atoms with Gasteiger partial charge in [-0.1, -0.05) is 0 Å². The normalized spacial score (nSPS) is 16.6. The average molecular weight is 582 g/mol. The molecule has 3 aromatic heterocycles. The summed E-state index contributed by atoms with van der Waals surface area (Å²) in [5.41, 5.74) is 3.62. The molecule has 0 unspecified atom stereocenters. The van der Waals surface area contributed by atoms with Crippen LogP contribution in [-0.4, -0.2) is 81.1 Å². The minimum absolute atomic E-state index is 0.0954. The number of benzene rings is 1. The number of aliphatic hydroxyl groups is 1. The third-order valence-corrected chi connectivity index (χ3v) is 8.89. The van der Waals surface area contributed by atoms with Crippen molar-refractivity contribution < 1.29 is 18.3 Å². The van der Waals surface area contributed by atoms with Gasteiger partial charge in [0.2, 0.25) is 10.0 Å². The van der Waals surface area contributed by atoms with Gasteiger partial charge < -0.3 is 25.0 Å². The van der Waals surface area contributed by atoms with Crippen molar-refractivity contribution in [3.05, 3.63) is 47.7 Å². The molecule has 4 heterocycles. The van der Waals surface area contributed by atoms with E-state index in [0.717, 1.165) is 37.0 Å². The first kappa shape index (κ1) is 27.6. The van der Waals surface area contributed by atoms with Crippen molar-refractivity contribution in [1.82, 2.24) is 34.2 Å². The van der Waals surface area contributed by atoms with Crippen molar-refractivity contribution in [2.45, 2.75) is 51.2 Å². The Kier molecular flexibility index (Phi) is 7.40. The highest BCUT2D eigenvalue weighted by Crippen LogP contribution is 2.32. The van der Waals surface area contributed by atoms with Gasteiger partial charge in [-0.2, -0.15) is 5.10 Å². The molecule has 0 bridgehead atoms. The number of carbonyl (C=O) groups is 1. The van der Waals surface area contributed by atoms with E-state index in [9.17, 15) is 13.2 Å². The second kappa shape index (κ2) is 11.0. The number of sulfonamides is 1. The minimum atomic E-state index is -3.66. The van der Waals surface area contributed by atoms with Crippen LogP contribution in [0.1, 0.15) is 47.4 Å². The van der Waals surface area contributed by atoms with Crippen molar-refractivity contribution in [3.63, 3.8) is 0 Å². The maximum absolute atomic E-state index is 13.5. The first-order valence-electron chi connectivity index (χ1n) is 13.9. The smallest absolute Gasteiger partial charge is 0.259 e. The number of piperidine rings is 1. The van der Waals surface area contributed by atoms with Crippen molar-refractivity contribution >= 4 is 44.0 Å². The van der Waals surface area contributed by atoms with E-state index in [1.54, 1.807) is 28.4 Å². The second-order valence-electron chi connectivity index (χ2n) is 10.9. The lowest BCUT2D eigenvalue weighted by molar-refractivity contribution is 0.102. The summed E-state index contributed by atoms with van der Waals surface area (Å²) >= 11 is 0. The van der Waals surface area contributed by atoms with Gasteiger partial charge in [-0.05, 0) is 44.7 Å². The van der Waals surface area contributed by atoms with Crippen LogP contribution in [0.15, 0.2) is 30.7 Å². The van der Waals surface area contributed by atoms with Crippen LogP contribution >= 0.6 is 0 Å². The molecule has 1 saturated carbocycles. The van der Waals surface area contributed by atoms with E-state index in [1.165, 1.54) is 12.8 Å². The largest absolute Gasteiger partial charge is 0.395 e. The van der Waals surface area contributed by atoms with E-state index in [2.05, 4.69) is 35.3 Å². The SMILES string of the molecule is Cc1cn2cc(NC(=O)c3ccc(N4CCC(NC5CC5)CC4)c4cn(C)nc34)nc2c(CNS(=O)(=O)CCO)n1. The highest BCUT2D eigenvalue weighted by atomic mass is 32.2. The summed E-state index contributed by atoms with van der Waals surface area (Å²) in [7, 11) is -1.81. The van der Waals surface area contributed by atoms with Crippen LogP contribution in [0, 0.1) is 6.92 Å². The van der Waals surface area contributed by atoms with E-state index in [1.807, 2.05) is 25.4 Å². The Morgan fingerprint density at radius 1 is 1.07 bits per heavy atom. The summed E-state index contributed by atoms with van der Waals surface area (Å²) in [6.07, 6.45) is 10.1. The average Bonchev–Trinajstić information content (AvgIpc) is 3.51. The number of anilines is 2. The number of fused-ring (bicyclic) bond motifs is 2. The molecule has 1 saturated heterocycles. The van der Waals surface area contributed by atoms with Gasteiger partial charge >= 0.3 is 0 Å². The molecule has 2 aliphatic rings. The van der Waals surface area contributed by atoms with Crippen LogP contribution in [0.2, 0.25) is 0 Å². The molecule has 4 N–H and O–H groups in total. The van der Waals surface area contributed by atoms with E-state index in [4.69, 9.17) is 5.11 Å². The van der Waals surface area contributed by atoms with Crippen LogP contribution in [0.5, 0.6) is 0 Å². The Morgan fingerprint density at radius 3 is 2.56 bits per heavy atom. The molecule has 14 heteroatoms. The van der Waals surface area contributed by atoms with Crippen LogP contribution in [0.3, 0.4) is 0 Å². The third kappa shape index (κ3) is 6.05. The van der Waals surface area contributed by atoms with Crippen molar-refractivity contribution in [2.24, 2.45) is 7.05 Å². The van der Waals surface area contributed by atoms with Crippen LogP contribution < -0.4 is 20.3 Å². The lowest BCUT2D eigenvalue weighted by Crippen LogP contribution is -2.43. The Labute approximate surface area is 238 Å². The van der Waals surface area contributed by atoms with Crippen molar-refractivity contribution in [2.75, 3.05) is 35.7 Å². The maximum atomic E-state index is 13.5. The molecule has 1 amide bonds.